The van der Waals surface area contributed by atoms with Gasteiger partial charge in [0.05, 0.1) is 5.69 Å². The summed E-state index contributed by atoms with van der Waals surface area (Å²) in [5, 5.41) is 1.26. The molecule has 30 heavy (non-hydrogen) atoms. The molecule has 4 heteroatoms. The van der Waals surface area contributed by atoms with Crippen molar-refractivity contribution in [2.45, 2.75) is 25.3 Å². The Balaban J connectivity index is 1.92. The van der Waals surface area contributed by atoms with Crippen LogP contribution in [0, 0.1) is 0 Å². The Bertz CT molecular complexity index is 1130. The molecule has 152 valence electrons. The largest absolute Gasteiger partial charge is 0.358 e. The minimum absolute atomic E-state index is 0.824. The highest BCUT2D eigenvalue weighted by atomic mass is 32.2. The van der Waals surface area contributed by atoms with Crippen LogP contribution in [-0.2, 0) is 6.54 Å². The number of thiocarbonyl (C=S) groups is 1. The maximum absolute atomic E-state index is 5.85. The molecule has 0 N–H and O–H groups in total. The maximum Gasteiger partial charge on any atom is 0.141 e. The predicted octanol–water partition coefficient (Wildman–Crippen LogP) is 7.08. The zero-order valence-electron chi connectivity index (χ0n) is 17.4. The van der Waals surface area contributed by atoms with Crippen LogP contribution in [0.3, 0.4) is 0 Å². The first-order chi connectivity index (χ1) is 14.7. The summed E-state index contributed by atoms with van der Waals surface area (Å²) >= 11 is 7.57. The first-order valence-electron chi connectivity index (χ1n) is 10.4. The van der Waals surface area contributed by atoms with Crippen molar-refractivity contribution in [2.24, 2.45) is 0 Å². The van der Waals surface area contributed by atoms with E-state index in [-0.39, 0.29) is 0 Å². The van der Waals surface area contributed by atoms with Crippen molar-refractivity contribution >= 4 is 39.2 Å². The monoisotopic (exact) mass is 430 g/mol. The lowest BCUT2D eigenvalue weighted by Gasteiger charge is -2.21. The number of nitrogens with zero attached hydrogens (tertiary/aromatic N) is 2. The van der Waals surface area contributed by atoms with Gasteiger partial charge in [0.2, 0.25) is 0 Å². The van der Waals surface area contributed by atoms with Gasteiger partial charge in [-0.25, -0.2) is 0 Å². The van der Waals surface area contributed by atoms with Crippen LogP contribution >= 0.6 is 24.0 Å². The Morgan fingerprint density at radius 1 is 0.833 bits per heavy atom. The maximum atomic E-state index is 5.85. The number of thioether (sulfide) groups is 1. The van der Waals surface area contributed by atoms with E-state index in [1.807, 2.05) is 0 Å². The molecule has 0 unspecified atom stereocenters. The van der Waals surface area contributed by atoms with Gasteiger partial charge >= 0.3 is 0 Å². The number of para-hydroxylation sites is 1. The summed E-state index contributed by atoms with van der Waals surface area (Å²) in [6.07, 6.45) is 0. The smallest absolute Gasteiger partial charge is 0.141 e. The number of aromatic nitrogens is 1. The van der Waals surface area contributed by atoms with Crippen molar-refractivity contribution in [1.82, 2.24) is 9.47 Å². The molecule has 0 aliphatic heterocycles. The SMILES string of the molecule is CCN(CC)C(=S)Sc1c(-c2ccccc2)n(Cc2ccccc2)c2ccccc12. The quantitative estimate of drug-likeness (QED) is 0.239. The summed E-state index contributed by atoms with van der Waals surface area (Å²) < 4.78 is 3.37. The van der Waals surface area contributed by atoms with Crippen LogP contribution in [0.1, 0.15) is 19.4 Å². The molecule has 2 nitrogen and oxygen atoms in total. The van der Waals surface area contributed by atoms with Gasteiger partial charge in [0.25, 0.3) is 0 Å². The average molecular weight is 431 g/mol. The van der Waals surface area contributed by atoms with Crippen molar-refractivity contribution < 1.29 is 0 Å². The fourth-order valence-corrected chi connectivity index (χ4v) is 5.50. The molecule has 0 saturated heterocycles. The molecule has 0 spiro atoms. The molecule has 4 rings (SSSR count). The number of hydrogen-bond donors (Lipinski definition) is 0. The molecule has 4 aromatic rings. The minimum atomic E-state index is 0.824. The second kappa shape index (κ2) is 9.50. The van der Waals surface area contributed by atoms with Crippen molar-refractivity contribution in [3.63, 3.8) is 0 Å². The van der Waals surface area contributed by atoms with Gasteiger partial charge in [0, 0.05) is 35.4 Å². The van der Waals surface area contributed by atoms with Crippen LogP contribution in [0.25, 0.3) is 22.2 Å². The number of fused-ring (bicyclic) bond motifs is 1. The zero-order valence-corrected chi connectivity index (χ0v) is 19.0. The molecule has 0 atom stereocenters. The molecule has 0 aliphatic carbocycles. The van der Waals surface area contributed by atoms with Gasteiger partial charge in [0.15, 0.2) is 0 Å². The second-order valence-electron chi connectivity index (χ2n) is 7.17. The van der Waals surface area contributed by atoms with Gasteiger partial charge < -0.3 is 9.47 Å². The lowest BCUT2D eigenvalue weighted by atomic mass is 10.1. The molecule has 1 heterocycles. The minimum Gasteiger partial charge on any atom is -0.358 e. The molecular weight excluding hydrogens is 404 g/mol. The van der Waals surface area contributed by atoms with Crippen LogP contribution < -0.4 is 0 Å². The molecule has 0 saturated carbocycles. The number of rotatable bonds is 6. The second-order valence-corrected chi connectivity index (χ2v) is 8.82. The first kappa shape index (κ1) is 20.7. The molecule has 3 aromatic carbocycles. The fourth-order valence-electron chi connectivity index (χ4n) is 3.82. The Kier molecular flexibility index (Phi) is 6.56. The lowest BCUT2D eigenvalue weighted by molar-refractivity contribution is 0.482. The molecule has 0 radical (unpaired) electrons. The van der Waals surface area contributed by atoms with Gasteiger partial charge in [-0.2, -0.15) is 0 Å². The van der Waals surface area contributed by atoms with E-state index in [0.717, 1.165) is 24.0 Å². The lowest BCUT2D eigenvalue weighted by Crippen LogP contribution is -2.26. The van der Waals surface area contributed by atoms with Crippen molar-refractivity contribution in [3.8, 4) is 11.3 Å². The van der Waals surface area contributed by atoms with Gasteiger partial charge in [-0.15, -0.1) is 0 Å². The molecule has 0 fully saturated rings. The van der Waals surface area contributed by atoms with Crippen molar-refractivity contribution in [2.75, 3.05) is 13.1 Å². The molecule has 0 bridgehead atoms. The third-order valence-electron chi connectivity index (χ3n) is 5.37. The Morgan fingerprint density at radius 3 is 2.10 bits per heavy atom. The van der Waals surface area contributed by atoms with Gasteiger partial charge in [-0.1, -0.05) is 103 Å². The molecule has 1 aromatic heterocycles. The van der Waals surface area contributed by atoms with E-state index < -0.39 is 0 Å². The standard InChI is InChI=1S/C26H26N2S2/c1-3-27(4-2)26(29)30-25-22-17-11-12-18-23(22)28(19-20-13-7-5-8-14-20)24(25)21-15-9-6-10-16-21/h5-18H,3-4,19H2,1-2H3. The highest BCUT2D eigenvalue weighted by Gasteiger charge is 2.21. The summed E-state index contributed by atoms with van der Waals surface area (Å²) in [4.78, 5) is 3.49. The summed E-state index contributed by atoms with van der Waals surface area (Å²) in [6.45, 7) is 6.99. The van der Waals surface area contributed by atoms with E-state index in [4.69, 9.17) is 12.2 Å². The first-order valence-corrected chi connectivity index (χ1v) is 11.6. The van der Waals surface area contributed by atoms with Crippen LogP contribution in [0.2, 0.25) is 0 Å². The third kappa shape index (κ3) is 4.16. The normalized spacial score (nSPS) is 11.0. The summed E-state index contributed by atoms with van der Waals surface area (Å²) in [5.41, 5.74) is 4.98. The predicted molar refractivity (Wildman–Crippen MR) is 134 cm³/mol. The number of hydrogen-bond acceptors (Lipinski definition) is 2. The van der Waals surface area contributed by atoms with E-state index in [1.54, 1.807) is 11.8 Å². The molecule has 0 amide bonds. The van der Waals surface area contributed by atoms with E-state index in [0.29, 0.717) is 0 Å². The molecule has 0 aliphatic rings. The Hall–Kier alpha value is -2.56. The fraction of sp³-hybridized carbons (Fsp3) is 0.192. The van der Waals surface area contributed by atoms with Gasteiger partial charge in [-0.05, 0) is 31.0 Å². The summed E-state index contributed by atoms with van der Waals surface area (Å²) in [6, 6.07) is 30.0. The topological polar surface area (TPSA) is 8.17 Å². The van der Waals surface area contributed by atoms with Crippen LogP contribution in [-0.4, -0.2) is 26.9 Å². The van der Waals surface area contributed by atoms with E-state index >= 15 is 0 Å². The van der Waals surface area contributed by atoms with E-state index in [2.05, 4.69) is 108 Å². The van der Waals surface area contributed by atoms with Crippen LogP contribution in [0.4, 0.5) is 0 Å². The Morgan fingerprint density at radius 2 is 1.43 bits per heavy atom. The van der Waals surface area contributed by atoms with Gasteiger partial charge in [0.1, 0.15) is 4.32 Å². The summed E-state index contributed by atoms with van der Waals surface area (Å²) in [7, 11) is 0. The van der Waals surface area contributed by atoms with E-state index in [9.17, 15) is 0 Å². The highest BCUT2D eigenvalue weighted by molar-refractivity contribution is 8.23. The third-order valence-corrected chi connectivity index (χ3v) is 6.92. The van der Waals surface area contributed by atoms with Crippen LogP contribution in [0.15, 0.2) is 89.8 Å². The highest BCUT2D eigenvalue weighted by Crippen LogP contribution is 2.41. The van der Waals surface area contributed by atoms with E-state index in [1.165, 1.54) is 32.6 Å². The van der Waals surface area contributed by atoms with Crippen molar-refractivity contribution in [1.29, 1.82) is 0 Å². The average Bonchev–Trinajstić information content (AvgIpc) is 3.09. The van der Waals surface area contributed by atoms with Gasteiger partial charge in [-0.3, -0.25) is 0 Å². The zero-order chi connectivity index (χ0) is 20.9. The van der Waals surface area contributed by atoms with Crippen LogP contribution in [0.5, 0.6) is 0 Å². The summed E-state index contributed by atoms with van der Waals surface area (Å²) in [5.74, 6) is 0. The number of benzene rings is 3. The Labute approximate surface area is 188 Å². The molecular formula is C26H26N2S2. The van der Waals surface area contributed by atoms with Crippen molar-refractivity contribution in [3.05, 3.63) is 90.5 Å².